The average Bonchev–Trinajstić information content (AvgIpc) is 2.70. The van der Waals surface area contributed by atoms with Gasteiger partial charge in [0.05, 0.1) is 19.8 Å². The molecule has 2 fully saturated rings. The van der Waals surface area contributed by atoms with Crippen molar-refractivity contribution in [3.8, 4) is 5.75 Å². The van der Waals surface area contributed by atoms with Crippen molar-refractivity contribution >= 4 is 21.6 Å². The molecule has 1 saturated carbocycles. The Labute approximate surface area is 167 Å². The zero-order valence-corrected chi connectivity index (χ0v) is 17.3. The van der Waals surface area contributed by atoms with Crippen LogP contribution in [0.25, 0.3) is 0 Å². The van der Waals surface area contributed by atoms with Crippen LogP contribution in [0.2, 0.25) is 0 Å². The number of rotatable bonds is 7. The third-order valence-electron chi connectivity index (χ3n) is 5.31. The highest BCUT2D eigenvalue weighted by Crippen LogP contribution is 2.31. The number of hydrogen-bond donors (Lipinski definition) is 1. The molecular formula is C20H30N2O5S. The van der Waals surface area contributed by atoms with Crippen LogP contribution in [0.3, 0.4) is 0 Å². The van der Waals surface area contributed by atoms with Crippen LogP contribution in [0, 0.1) is 5.92 Å². The highest BCUT2D eigenvalue weighted by Gasteiger charge is 2.30. The monoisotopic (exact) mass is 410 g/mol. The van der Waals surface area contributed by atoms with Gasteiger partial charge in [0, 0.05) is 25.2 Å². The molecule has 8 heteroatoms. The van der Waals surface area contributed by atoms with E-state index in [1.807, 2.05) is 6.92 Å². The lowest BCUT2D eigenvalue weighted by Crippen LogP contribution is -2.40. The van der Waals surface area contributed by atoms with Crippen LogP contribution in [0.15, 0.2) is 23.1 Å². The summed E-state index contributed by atoms with van der Waals surface area (Å²) < 4.78 is 38.4. The molecule has 1 amide bonds. The minimum Gasteiger partial charge on any atom is -0.492 e. The summed E-state index contributed by atoms with van der Waals surface area (Å²) in [5.41, 5.74) is 0.482. The Morgan fingerprint density at radius 3 is 2.61 bits per heavy atom. The Morgan fingerprint density at radius 2 is 1.93 bits per heavy atom. The van der Waals surface area contributed by atoms with E-state index in [4.69, 9.17) is 9.47 Å². The highest BCUT2D eigenvalue weighted by atomic mass is 32.2. The van der Waals surface area contributed by atoms with E-state index in [2.05, 4.69) is 5.32 Å². The maximum atomic E-state index is 13.1. The van der Waals surface area contributed by atoms with Crippen LogP contribution < -0.4 is 10.1 Å². The largest absolute Gasteiger partial charge is 0.492 e. The van der Waals surface area contributed by atoms with Crippen LogP contribution in [0.1, 0.15) is 45.4 Å². The third kappa shape index (κ3) is 5.24. The number of ether oxygens (including phenoxy) is 2. The Morgan fingerprint density at radius 1 is 1.21 bits per heavy atom. The fraction of sp³-hybridized carbons (Fsp3) is 0.650. The predicted octanol–water partition coefficient (Wildman–Crippen LogP) is 3.02. The van der Waals surface area contributed by atoms with E-state index < -0.39 is 10.0 Å². The van der Waals surface area contributed by atoms with E-state index in [0.29, 0.717) is 56.7 Å². The van der Waals surface area contributed by atoms with Gasteiger partial charge >= 0.3 is 0 Å². The smallest absolute Gasteiger partial charge is 0.246 e. The van der Waals surface area contributed by atoms with Gasteiger partial charge in [-0.3, -0.25) is 4.79 Å². The molecule has 0 unspecified atom stereocenters. The molecule has 0 atom stereocenters. The van der Waals surface area contributed by atoms with Crippen LogP contribution in [-0.4, -0.2) is 51.5 Å². The Hall–Kier alpha value is -1.64. The van der Waals surface area contributed by atoms with Crippen molar-refractivity contribution in [3.05, 3.63) is 18.2 Å². The van der Waals surface area contributed by atoms with Crippen molar-refractivity contribution in [2.75, 3.05) is 38.2 Å². The summed E-state index contributed by atoms with van der Waals surface area (Å²) in [5, 5.41) is 2.87. The van der Waals surface area contributed by atoms with Crippen LogP contribution in [0.5, 0.6) is 5.75 Å². The summed E-state index contributed by atoms with van der Waals surface area (Å²) in [6, 6.07) is 4.82. The molecule has 1 aliphatic carbocycles. The third-order valence-corrected chi connectivity index (χ3v) is 7.23. The van der Waals surface area contributed by atoms with Gasteiger partial charge in [0.2, 0.25) is 15.9 Å². The summed E-state index contributed by atoms with van der Waals surface area (Å²) >= 11 is 0. The fourth-order valence-electron chi connectivity index (χ4n) is 3.85. The van der Waals surface area contributed by atoms with Gasteiger partial charge in [-0.25, -0.2) is 8.42 Å². The second kappa shape index (κ2) is 9.71. The average molecular weight is 411 g/mol. The Kier molecular flexibility index (Phi) is 7.31. The molecule has 1 aromatic rings. The van der Waals surface area contributed by atoms with Crippen LogP contribution in [-0.2, 0) is 19.6 Å². The van der Waals surface area contributed by atoms with E-state index in [-0.39, 0.29) is 10.8 Å². The molecule has 1 N–H and O–H groups in total. The second-order valence-corrected chi connectivity index (χ2v) is 9.27. The van der Waals surface area contributed by atoms with Gasteiger partial charge < -0.3 is 14.8 Å². The first kappa shape index (κ1) is 21.1. The lowest BCUT2D eigenvalue weighted by molar-refractivity contribution is -0.117. The topological polar surface area (TPSA) is 84.9 Å². The number of benzene rings is 1. The number of nitrogens with zero attached hydrogens (tertiary/aromatic N) is 1. The Bertz CT molecular complexity index is 769. The minimum atomic E-state index is -3.72. The Balaban J connectivity index is 1.77. The van der Waals surface area contributed by atoms with E-state index in [0.717, 1.165) is 12.8 Å². The molecule has 28 heavy (non-hydrogen) atoms. The first-order valence-corrected chi connectivity index (χ1v) is 11.6. The fourth-order valence-corrected chi connectivity index (χ4v) is 5.42. The molecule has 2 aliphatic rings. The van der Waals surface area contributed by atoms with Crippen molar-refractivity contribution in [2.45, 2.75) is 50.3 Å². The lowest BCUT2D eigenvalue weighted by Gasteiger charge is -2.27. The van der Waals surface area contributed by atoms with E-state index in [9.17, 15) is 13.2 Å². The number of carbonyl (C=O) groups excluding carboxylic acids is 1. The van der Waals surface area contributed by atoms with Crippen molar-refractivity contribution < 1.29 is 22.7 Å². The number of carbonyl (C=O) groups is 1. The van der Waals surface area contributed by atoms with E-state index >= 15 is 0 Å². The lowest BCUT2D eigenvalue weighted by atomic mass is 9.87. The van der Waals surface area contributed by atoms with Crippen molar-refractivity contribution in [3.63, 3.8) is 0 Å². The number of amides is 1. The molecule has 0 bridgehead atoms. The standard InChI is InChI=1S/C20H30N2O5S/c1-2-27-18-9-8-17(21-20(23)14-16-6-4-3-5-7-16)15-19(18)28(24,25)22-10-12-26-13-11-22/h8-9,15-16H,2-7,10-14H2,1H3,(H,21,23). The first-order valence-electron chi connectivity index (χ1n) is 10.2. The van der Waals surface area contributed by atoms with Gasteiger partial charge in [0.15, 0.2) is 0 Å². The zero-order valence-electron chi connectivity index (χ0n) is 16.5. The number of hydrogen-bond acceptors (Lipinski definition) is 5. The van der Waals surface area contributed by atoms with Crippen molar-refractivity contribution in [2.24, 2.45) is 5.92 Å². The molecule has 0 radical (unpaired) electrons. The van der Waals surface area contributed by atoms with Gasteiger partial charge in [-0.2, -0.15) is 4.31 Å². The maximum Gasteiger partial charge on any atom is 0.246 e. The van der Waals surface area contributed by atoms with Gasteiger partial charge in [0.25, 0.3) is 0 Å². The number of anilines is 1. The summed E-state index contributed by atoms with van der Waals surface area (Å²) in [6.07, 6.45) is 6.28. The van der Waals surface area contributed by atoms with Crippen LogP contribution >= 0.6 is 0 Å². The van der Waals surface area contributed by atoms with Crippen LogP contribution in [0.4, 0.5) is 5.69 Å². The zero-order chi connectivity index (χ0) is 20.0. The van der Waals surface area contributed by atoms with E-state index in [1.165, 1.54) is 29.6 Å². The molecule has 7 nitrogen and oxygen atoms in total. The summed E-state index contributed by atoms with van der Waals surface area (Å²) in [5.74, 6) is 0.665. The summed E-state index contributed by atoms with van der Waals surface area (Å²) in [4.78, 5) is 12.5. The second-order valence-electron chi connectivity index (χ2n) is 7.37. The number of morpholine rings is 1. The molecule has 3 rings (SSSR count). The summed E-state index contributed by atoms with van der Waals surface area (Å²) in [7, 11) is -3.72. The van der Waals surface area contributed by atoms with Crippen molar-refractivity contribution in [1.82, 2.24) is 4.31 Å². The first-order chi connectivity index (χ1) is 13.5. The maximum absolute atomic E-state index is 13.1. The number of sulfonamides is 1. The molecule has 156 valence electrons. The van der Waals surface area contributed by atoms with Gasteiger partial charge in [-0.15, -0.1) is 0 Å². The molecule has 0 spiro atoms. The highest BCUT2D eigenvalue weighted by molar-refractivity contribution is 7.89. The van der Waals surface area contributed by atoms with Gasteiger partial charge in [0.1, 0.15) is 10.6 Å². The number of nitrogens with one attached hydrogen (secondary N) is 1. The molecule has 1 aliphatic heterocycles. The van der Waals surface area contributed by atoms with Crippen molar-refractivity contribution in [1.29, 1.82) is 0 Å². The summed E-state index contributed by atoms with van der Waals surface area (Å²) in [6.45, 7) is 3.55. The SMILES string of the molecule is CCOc1ccc(NC(=O)CC2CCCCC2)cc1S(=O)(=O)N1CCOCC1. The van der Waals surface area contributed by atoms with E-state index in [1.54, 1.807) is 12.1 Å². The van der Waals surface area contributed by atoms with Gasteiger partial charge in [-0.1, -0.05) is 19.3 Å². The normalized spacial score (nSPS) is 19.3. The molecule has 1 heterocycles. The quantitative estimate of drug-likeness (QED) is 0.747. The molecule has 1 aromatic carbocycles. The molecule has 1 saturated heterocycles. The minimum absolute atomic E-state index is 0.0641. The molecule has 0 aromatic heterocycles. The predicted molar refractivity (Wildman–Crippen MR) is 107 cm³/mol. The van der Waals surface area contributed by atoms with Gasteiger partial charge in [-0.05, 0) is 43.9 Å². The molecular weight excluding hydrogens is 380 g/mol.